The number of carbonyl (C=O) groups is 2. The van der Waals surface area contributed by atoms with Crippen LogP contribution >= 0.6 is 0 Å². The van der Waals surface area contributed by atoms with Gasteiger partial charge in [0.05, 0.1) is 12.2 Å². The third kappa shape index (κ3) is 4.41. The van der Waals surface area contributed by atoms with Crippen LogP contribution in [0.1, 0.15) is 47.9 Å². The third-order valence-corrected chi connectivity index (χ3v) is 5.28. The van der Waals surface area contributed by atoms with E-state index in [1.54, 1.807) is 17.0 Å². The van der Waals surface area contributed by atoms with Crippen LogP contribution in [-0.4, -0.2) is 36.3 Å². The number of benzene rings is 1. The number of rotatable bonds is 6. The van der Waals surface area contributed by atoms with Gasteiger partial charge in [0.1, 0.15) is 0 Å². The topological polar surface area (TPSA) is 62.6 Å². The van der Waals surface area contributed by atoms with E-state index in [9.17, 15) is 9.59 Å². The lowest BCUT2D eigenvalue weighted by molar-refractivity contribution is -0.124. The Morgan fingerprint density at radius 1 is 1.19 bits per heavy atom. The minimum absolute atomic E-state index is 0.0100. The number of nitrogens with zero attached hydrogens (tertiary/aromatic N) is 1. The molecule has 0 spiro atoms. The number of carbonyl (C=O) groups excluding carboxylic acids is 2. The van der Waals surface area contributed by atoms with Gasteiger partial charge in [0, 0.05) is 25.6 Å². The predicted octanol–water partition coefficient (Wildman–Crippen LogP) is 3.61. The number of furan rings is 1. The summed E-state index contributed by atoms with van der Waals surface area (Å²) in [7, 11) is 0. The Labute approximate surface area is 160 Å². The van der Waals surface area contributed by atoms with Gasteiger partial charge in [-0.15, -0.1) is 0 Å². The van der Waals surface area contributed by atoms with Crippen LogP contribution < -0.4 is 5.32 Å². The first-order valence-electron chi connectivity index (χ1n) is 9.63. The minimum Gasteiger partial charge on any atom is -0.459 e. The molecule has 27 heavy (non-hydrogen) atoms. The van der Waals surface area contributed by atoms with Crippen LogP contribution in [0.25, 0.3) is 0 Å². The van der Waals surface area contributed by atoms with E-state index in [0.29, 0.717) is 31.3 Å². The molecule has 2 aromatic rings. The summed E-state index contributed by atoms with van der Waals surface area (Å²) in [6.07, 6.45) is 2.45. The summed E-state index contributed by atoms with van der Waals surface area (Å²) in [5.41, 5.74) is 2.28. The van der Waals surface area contributed by atoms with Crippen LogP contribution in [0.4, 0.5) is 0 Å². The fourth-order valence-electron chi connectivity index (χ4n) is 3.72. The molecule has 0 unspecified atom stereocenters. The lowest BCUT2D eigenvalue weighted by Crippen LogP contribution is -2.36. The zero-order chi connectivity index (χ0) is 19.4. The molecular formula is C22H28N2O3. The average Bonchev–Trinajstić information content (AvgIpc) is 3.31. The summed E-state index contributed by atoms with van der Waals surface area (Å²) in [5.74, 6) is 0.466. The van der Waals surface area contributed by atoms with Gasteiger partial charge in [-0.3, -0.25) is 9.59 Å². The van der Waals surface area contributed by atoms with E-state index in [4.69, 9.17) is 4.42 Å². The van der Waals surface area contributed by atoms with Gasteiger partial charge in [-0.25, -0.2) is 0 Å². The lowest BCUT2D eigenvalue weighted by atomic mass is 9.86. The number of aryl methyl sites for hydroxylation is 1. The van der Waals surface area contributed by atoms with Gasteiger partial charge in [-0.2, -0.15) is 0 Å². The number of nitrogens with one attached hydrogen (secondary N) is 1. The van der Waals surface area contributed by atoms with Crippen LogP contribution in [0.3, 0.4) is 0 Å². The normalized spacial score (nSPS) is 19.5. The molecule has 0 aliphatic carbocycles. The summed E-state index contributed by atoms with van der Waals surface area (Å²) in [6, 6.07) is 11.5. The molecule has 5 nitrogen and oxygen atoms in total. The molecule has 1 saturated heterocycles. The van der Waals surface area contributed by atoms with Gasteiger partial charge in [-0.05, 0) is 42.5 Å². The Morgan fingerprint density at radius 3 is 2.63 bits per heavy atom. The highest BCUT2D eigenvalue weighted by Gasteiger charge is 2.41. The van der Waals surface area contributed by atoms with Gasteiger partial charge in [0.25, 0.3) is 5.91 Å². The summed E-state index contributed by atoms with van der Waals surface area (Å²) < 4.78 is 5.27. The zero-order valence-corrected chi connectivity index (χ0v) is 16.3. The number of amides is 2. The Morgan fingerprint density at radius 2 is 1.96 bits per heavy atom. The maximum atomic E-state index is 12.9. The SMILES string of the molecule is Cc1ccccc1[C@@H]1CN(C(=O)c2ccco2)C[C@@H]1C(=O)NCCC(C)C. The number of likely N-dealkylation sites (tertiary alicyclic amines) is 1. The van der Waals surface area contributed by atoms with Gasteiger partial charge in [0.2, 0.25) is 5.91 Å². The van der Waals surface area contributed by atoms with Crippen molar-refractivity contribution >= 4 is 11.8 Å². The molecule has 2 atom stereocenters. The molecule has 2 amide bonds. The molecule has 1 aliphatic rings. The largest absolute Gasteiger partial charge is 0.459 e. The number of hydrogen-bond acceptors (Lipinski definition) is 3. The molecule has 0 radical (unpaired) electrons. The highest BCUT2D eigenvalue weighted by atomic mass is 16.3. The standard InChI is InChI=1S/C22H28N2O3/c1-15(2)10-11-23-21(25)19-14-24(22(26)20-9-6-12-27-20)13-18(19)17-8-5-4-7-16(17)3/h4-9,12,15,18-19H,10-11,13-14H2,1-3H3,(H,23,25)/t18-,19-/m0/s1. The lowest BCUT2D eigenvalue weighted by Gasteiger charge is -2.20. The quantitative estimate of drug-likeness (QED) is 0.847. The van der Waals surface area contributed by atoms with Crippen molar-refractivity contribution in [2.75, 3.05) is 19.6 Å². The van der Waals surface area contributed by atoms with Crippen molar-refractivity contribution < 1.29 is 14.0 Å². The predicted molar refractivity (Wildman–Crippen MR) is 104 cm³/mol. The Hall–Kier alpha value is -2.56. The molecule has 3 rings (SSSR count). The molecule has 0 saturated carbocycles. The van der Waals surface area contributed by atoms with E-state index in [1.807, 2.05) is 12.1 Å². The summed E-state index contributed by atoms with van der Waals surface area (Å²) >= 11 is 0. The third-order valence-electron chi connectivity index (χ3n) is 5.28. The van der Waals surface area contributed by atoms with Crippen molar-refractivity contribution in [2.24, 2.45) is 11.8 Å². The molecule has 2 heterocycles. The molecule has 1 aromatic heterocycles. The van der Waals surface area contributed by atoms with Crippen LogP contribution in [0.2, 0.25) is 0 Å². The van der Waals surface area contributed by atoms with Gasteiger partial charge in [-0.1, -0.05) is 38.1 Å². The Kier molecular flexibility index (Phi) is 5.99. The Bertz CT molecular complexity index is 783. The van der Waals surface area contributed by atoms with Crippen LogP contribution in [-0.2, 0) is 4.79 Å². The van der Waals surface area contributed by atoms with Gasteiger partial charge < -0.3 is 14.6 Å². The second kappa shape index (κ2) is 8.42. The first-order valence-corrected chi connectivity index (χ1v) is 9.63. The first-order chi connectivity index (χ1) is 13.0. The molecular weight excluding hydrogens is 340 g/mol. The maximum absolute atomic E-state index is 12.9. The van der Waals surface area contributed by atoms with E-state index < -0.39 is 0 Å². The molecule has 5 heteroatoms. The van der Waals surface area contributed by atoms with E-state index in [0.717, 1.165) is 17.5 Å². The van der Waals surface area contributed by atoms with Gasteiger partial charge in [0.15, 0.2) is 5.76 Å². The fraction of sp³-hybridized carbons (Fsp3) is 0.455. The highest BCUT2D eigenvalue weighted by Crippen LogP contribution is 2.35. The second-order valence-electron chi connectivity index (χ2n) is 7.73. The average molecular weight is 368 g/mol. The summed E-state index contributed by atoms with van der Waals surface area (Å²) in [5, 5.41) is 3.07. The van der Waals surface area contributed by atoms with Crippen molar-refractivity contribution in [3.63, 3.8) is 0 Å². The summed E-state index contributed by atoms with van der Waals surface area (Å²) in [6.45, 7) is 7.93. The highest BCUT2D eigenvalue weighted by molar-refractivity contribution is 5.92. The van der Waals surface area contributed by atoms with E-state index >= 15 is 0 Å². The molecule has 144 valence electrons. The molecule has 1 N–H and O–H groups in total. The van der Waals surface area contributed by atoms with Crippen molar-refractivity contribution in [1.29, 1.82) is 0 Å². The van der Waals surface area contributed by atoms with Gasteiger partial charge >= 0.3 is 0 Å². The molecule has 1 aromatic carbocycles. The smallest absolute Gasteiger partial charge is 0.289 e. The molecule has 1 fully saturated rings. The number of hydrogen-bond donors (Lipinski definition) is 1. The van der Waals surface area contributed by atoms with Crippen molar-refractivity contribution in [3.05, 3.63) is 59.5 Å². The first kappa shape index (κ1) is 19.2. The Balaban J connectivity index is 1.80. The molecule has 1 aliphatic heterocycles. The van der Waals surface area contributed by atoms with Crippen molar-refractivity contribution in [3.8, 4) is 0 Å². The fourth-order valence-corrected chi connectivity index (χ4v) is 3.72. The second-order valence-corrected chi connectivity index (χ2v) is 7.73. The van der Waals surface area contributed by atoms with Crippen LogP contribution in [0.15, 0.2) is 47.1 Å². The maximum Gasteiger partial charge on any atom is 0.289 e. The van der Waals surface area contributed by atoms with E-state index in [1.165, 1.54) is 6.26 Å². The summed E-state index contributed by atoms with van der Waals surface area (Å²) in [4.78, 5) is 27.4. The molecule has 0 bridgehead atoms. The van der Waals surface area contributed by atoms with E-state index in [-0.39, 0.29) is 23.7 Å². The van der Waals surface area contributed by atoms with Crippen molar-refractivity contribution in [1.82, 2.24) is 10.2 Å². The zero-order valence-electron chi connectivity index (χ0n) is 16.3. The van der Waals surface area contributed by atoms with Crippen LogP contribution in [0.5, 0.6) is 0 Å². The van der Waals surface area contributed by atoms with Crippen LogP contribution in [0, 0.1) is 18.8 Å². The monoisotopic (exact) mass is 368 g/mol. The van der Waals surface area contributed by atoms with Crippen molar-refractivity contribution in [2.45, 2.75) is 33.1 Å². The van der Waals surface area contributed by atoms with E-state index in [2.05, 4.69) is 38.2 Å². The minimum atomic E-state index is -0.253.